The van der Waals surface area contributed by atoms with Crippen LogP contribution < -0.4 is 16.4 Å². The zero-order chi connectivity index (χ0) is 15.6. The maximum Gasteiger partial charge on any atom is 0.247 e. The van der Waals surface area contributed by atoms with Gasteiger partial charge in [-0.3, -0.25) is 4.98 Å². The van der Waals surface area contributed by atoms with Gasteiger partial charge in [-0.1, -0.05) is 34.7 Å². The van der Waals surface area contributed by atoms with Crippen LogP contribution in [0.5, 0.6) is 0 Å². The molecule has 0 radical (unpaired) electrons. The third-order valence-corrected chi connectivity index (χ3v) is 5.31. The molecule has 0 amide bonds. The molecule has 4 heteroatoms. The minimum absolute atomic E-state index is 0.262. The number of nitrogens with zero attached hydrogens (tertiary/aromatic N) is 3. The minimum Gasteiger partial charge on any atom is -0.264 e. The summed E-state index contributed by atoms with van der Waals surface area (Å²) in [5.41, 5.74) is 11.9. The summed E-state index contributed by atoms with van der Waals surface area (Å²) in [6.07, 6.45) is 7.50. The minimum atomic E-state index is 0.262. The quantitative estimate of drug-likeness (QED) is 0.397. The molecule has 3 aromatic rings. The summed E-state index contributed by atoms with van der Waals surface area (Å²) in [7, 11) is 0. The van der Waals surface area contributed by atoms with Crippen molar-refractivity contribution < 1.29 is 0 Å². The summed E-state index contributed by atoms with van der Waals surface area (Å²) < 4.78 is 0. The van der Waals surface area contributed by atoms with Crippen LogP contribution in [0.3, 0.4) is 0 Å². The van der Waals surface area contributed by atoms with Gasteiger partial charge in [-0.15, -0.1) is 0 Å². The number of pyridine rings is 1. The molecule has 2 aromatic heterocycles. The predicted octanol–water partition coefficient (Wildman–Crippen LogP) is 0.813. The molecule has 0 unspecified atom stereocenters. The lowest BCUT2D eigenvalue weighted by atomic mass is 9.30. The van der Waals surface area contributed by atoms with Gasteiger partial charge in [0.1, 0.15) is 6.33 Å². The topological polar surface area (TPSA) is 38.7 Å². The Morgan fingerprint density at radius 2 is 1.57 bits per heavy atom. The van der Waals surface area contributed by atoms with Gasteiger partial charge in [0.15, 0.2) is 0 Å². The van der Waals surface area contributed by atoms with Crippen LogP contribution in [0, 0.1) is 13.8 Å². The van der Waals surface area contributed by atoms with E-state index in [0.29, 0.717) is 0 Å². The molecular weight excluding hydrogens is 281 g/mol. The van der Waals surface area contributed by atoms with Crippen molar-refractivity contribution in [1.82, 2.24) is 15.0 Å². The largest absolute Gasteiger partial charge is 0.264 e. The van der Waals surface area contributed by atoms with Crippen LogP contribution in [0.15, 0.2) is 36.9 Å². The van der Waals surface area contributed by atoms with E-state index in [1.807, 2.05) is 12.4 Å². The van der Waals surface area contributed by atoms with Crippen LogP contribution in [0.4, 0.5) is 0 Å². The summed E-state index contributed by atoms with van der Waals surface area (Å²) >= 11 is 0. The highest BCUT2D eigenvalue weighted by Crippen LogP contribution is 2.21. The molecule has 110 valence electrons. The molecule has 0 fully saturated rings. The molecule has 23 heavy (non-hydrogen) atoms. The third kappa shape index (κ3) is 1.69. The lowest BCUT2D eigenvalue weighted by molar-refractivity contribution is 0.969. The van der Waals surface area contributed by atoms with E-state index >= 15 is 0 Å². The van der Waals surface area contributed by atoms with E-state index in [9.17, 15) is 0 Å². The molecular formula is C19H16BN3. The number of benzene rings is 1. The Labute approximate surface area is 135 Å². The zero-order valence-corrected chi connectivity index (χ0v) is 13.3. The second kappa shape index (κ2) is 4.51. The Morgan fingerprint density at radius 1 is 0.826 bits per heavy atom. The number of hydrogen-bond donors (Lipinski definition) is 0. The Kier molecular flexibility index (Phi) is 2.55. The van der Waals surface area contributed by atoms with Crippen molar-refractivity contribution >= 4 is 23.1 Å². The lowest BCUT2D eigenvalue weighted by Gasteiger charge is -2.34. The monoisotopic (exact) mass is 297 g/mol. The summed E-state index contributed by atoms with van der Waals surface area (Å²) in [5.74, 6) is 0. The smallest absolute Gasteiger partial charge is 0.247 e. The van der Waals surface area contributed by atoms with Gasteiger partial charge in [-0.25, -0.2) is 9.97 Å². The van der Waals surface area contributed by atoms with Gasteiger partial charge in [0.2, 0.25) is 6.71 Å². The molecule has 0 N–H and O–H groups in total. The number of rotatable bonds is 0. The highest BCUT2D eigenvalue weighted by molar-refractivity contribution is 6.97. The van der Waals surface area contributed by atoms with Crippen molar-refractivity contribution in [1.29, 1.82) is 0 Å². The van der Waals surface area contributed by atoms with Crippen LogP contribution in [0.25, 0.3) is 0 Å². The van der Waals surface area contributed by atoms with Gasteiger partial charge in [0.05, 0.1) is 0 Å². The maximum atomic E-state index is 4.62. The van der Waals surface area contributed by atoms with Crippen LogP contribution in [0.2, 0.25) is 0 Å². The van der Waals surface area contributed by atoms with E-state index in [1.54, 1.807) is 6.33 Å². The summed E-state index contributed by atoms with van der Waals surface area (Å²) in [5, 5.41) is 0. The summed E-state index contributed by atoms with van der Waals surface area (Å²) in [6.45, 7) is 4.66. The van der Waals surface area contributed by atoms with Crippen molar-refractivity contribution in [2.24, 2.45) is 0 Å². The van der Waals surface area contributed by atoms with Crippen molar-refractivity contribution in [2.45, 2.75) is 26.7 Å². The molecule has 4 heterocycles. The Balaban J connectivity index is 1.91. The molecule has 0 aliphatic carbocycles. The van der Waals surface area contributed by atoms with Crippen LogP contribution >= 0.6 is 0 Å². The van der Waals surface area contributed by atoms with Crippen molar-refractivity contribution in [2.75, 3.05) is 0 Å². The second-order valence-corrected chi connectivity index (χ2v) is 6.64. The van der Waals surface area contributed by atoms with E-state index in [-0.39, 0.29) is 6.71 Å². The van der Waals surface area contributed by atoms with Gasteiger partial charge in [0.25, 0.3) is 0 Å². The fraction of sp³-hybridized carbons (Fsp3) is 0.211. The fourth-order valence-corrected chi connectivity index (χ4v) is 4.38. The van der Waals surface area contributed by atoms with Crippen LogP contribution in [-0.4, -0.2) is 21.7 Å². The molecule has 0 spiro atoms. The molecule has 0 bridgehead atoms. The summed E-state index contributed by atoms with van der Waals surface area (Å²) in [6, 6.07) is 6.63. The Morgan fingerprint density at radius 3 is 2.39 bits per heavy atom. The van der Waals surface area contributed by atoms with Crippen LogP contribution in [-0.2, 0) is 12.8 Å². The number of fused-ring (bicyclic) bond motifs is 4. The first kappa shape index (κ1) is 13.0. The van der Waals surface area contributed by atoms with E-state index in [2.05, 4.69) is 47.0 Å². The lowest BCUT2D eigenvalue weighted by Crippen LogP contribution is -2.63. The Bertz CT molecular complexity index is 858. The van der Waals surface area contributed by atoms with Gasteiger partial charge in [-0.05, 0) is 36.0 Å². The molecule has 1 aromatic carbocycles. The van der Waals surface area contributed by atoms with Crippen molar-refractivity contribution in [3.05, 3.63) is 70.6 Å². The molecule has 5 rings (SSSR count). The van der Waals surface area contributed by atoms with Crippen LogP contribution in [0.1, 0.15) is 33.6 Å². The van der Waals surface area contributed by atoms with Crippen molar-refractivity contribution in [3.63, 3.8) is 0 Å². The van der Waals surface area contributed by atoms with Gasteiger partial charge >= 0.3 is 0 Å². The number of aryl methyl sites for hydroxylation is 2. The highest BCUT2D eigenvalue weighted by Gasteiger charge is 2.39. The van der Waals surface area contributed by atoms with E-state index in [0.717, 1.165) is 12.8 Å². The van der Waals surface area contributed by atoms with Gasteiger partial charge in [0, 0.05) is 36.6 Å². The Hall–Kier alpha value is -2.49. The van der Waals surface area contributed by atoms with E-state index in [4.69, 9.17) is 0 Å². The first-order valence-corrected chi connectivity index (χ1v) is 8.08. The fourth-order valence-electron chi connectivity index (χ4n) is 4.38. The maximum absolute atomic E-state index is 4.62. The van der Waals surface area contributed by atoms with Crippen molar-refractivity contribution in [3.8, 4) is 0 Å². The SMILES string of the molecule is Cc1cccc2c1B1c3c(C)cncc3Cc3ncnc(c31)C2. The molecule has 0 saturated heterocycles. The van der Waals surface area contributed by atoms with E-state index < -0.39 is 0 Å². The normalized spacial score (nSPS) is 14.1. The zero-order valence-electron chi connectivity index (χ0n) is 13.3. The average Bonchev–Trinajstić information content (AvgIpc) is 2.55. The van der Waals surface area contributed by atoms with Gasteiger partial charge in [-0.2, -0.15) is 0 Å². The third-order valence-electron chi connectivity index (χ3n) is 5.31. The standard InChI is InChI=1S/C19H16BN3/c1-11-4-3-5-13-6-15-19-16(23-10-22-15)7-14-9-21-8-12(2)18(14)20(19)17(11)13/h3-5,8-10H,6-7H2,1-2H3. The second-order valence-electron chi connectivity index (χ2n) is 6.64. The first-order chi connectivity index (χ1) is 11.2. The predicted molar refractivity (Wildman–Crippen MR) is 92.5 cm³/mol. The van der Waals surface area contributed by atoms with E-state index in [1.165, 1.54) is 50.0 Å². The first-order valence-electron chi connectivity index (χ1n) is 8.08. The number of hydrogen-bond acceptors (Lipinski definition) is 3. The number of aromatic nitrogens is 3. The molecule has 2 aliphatic heterocycles. The summed E-state index contributed by atoms with van der Waals surface area (Å²) in [4.78, 5) is 13.6. The molecule has 0 atom stereocenters. The van der Waals surface area contributed by atoms with Gasteiger partial charge < -0.3 is 0 Å². The average molecular weight is 297 g/mol. The molecule has 0 saturated carbocycles. The molecule has 2 aliphatic rings. The highest BCUT2D eigenvalue weighted by atomic mass is 14.8. The molecule has 3 nitrogen and oxygen atoms in total.